The third-order valence-electron chi connectivity index (χ3n) is 4.73. The van der Waals surface area contributed by atoms with Gasteiger partial charge in [0.2, 0.25) is 5.91 Å². The molecule has 0 radical (unpaired) electrons. The van der Waals surface area contributed by atoms with Crippen LogP contribution in [-0.4, -0.2) is 54.5 Å². The van der Waals surface area contributed by atoms with Gasteiger partial charge in [0.1, 0.15) is 0 Å². The van der Waals surface area contributed by atoms with Gasteiger partial charge in [-0.3, -0.25) is 4.79 Å². The van der Waals surface area contributed by atoms with E-state index < -0.39 is 0 Å². The van der Waals surface area contributed by atoms with E-state index in [2.05, 4.69) is 5.32 Å². The van der Waals surface area contributed by atoms with Crippen molar-refractivity contribution in [2.75, 3.05) is 32.7 Å². The number of carbonyl (C=O) groups excluding carboxylic acids is 2. The number of likely N-dealkylation sites (tertiary alicyclic amines) is 2. The Hall–Kier alpha value is -1.26. The third-order valence-corrected chi connectivity index (χ3v) is 4.73. The predicted molar refractivity (Wildman–Crippen MR) is 66.9 cm³/mol. The minimum Gasteiger partial charge on any atom is -0.356 e. The van der Waals surface area contributed by atoms with Crippen LogP contribution in [0.3, 0.4) is 0 Å². The lowest BCUT2D eigenvalue weighted by atomic mass is 9.81. The summed E-state index contributed by atoms with van der Waals surface area (Å²) in [6.45, 7) is 6.08. The lowest BCUT2D eigenvalue weighted by Gasteiger charge is -2.29. The van der Waals surface area contributed by atoms with Crippen LogP contribution in [0.1, 0.15) is 19.8 Å². The predicted octanol–water partition coefficient (Wildman–Crippen LogP) is 0.516. The molecule has 0 bridgehead atoms. The van der Waals surface area contributed by atoms with Crippen LogP contribution >= 0.6 is 0 Å². The summed E-state index contributed by atoms with van der Waals surface area (Å²) in [5, 5.41) is 2.94. The van der Waals surface area contributed by atoms with Gasteiger partial charge >= 0.3 is 6.03 Å². The summed E-state index contributed by atoms with van der Waals surface area (Å²) in [6, 6.07) is 0.182. The maximum absolute atomic E-state index is 12.3. The molecule has 0 unspecified atom stereocenters. The molecule has 3 rings (SSSR count). The number of hydrogen-bond donors (Lipinski definition) is 1. The van der Waals surface area contributed by atoms with E-state index in [4.69, 9.17) is 0 Å². The third kappa shape index (κ3) is 1.85. The average Bonchev–Trinajstić information content (AvgIpc) is 3.01. The van der Waals surface area contributed by atoms with Crippen LogP contribution in [0.15, 0.2) is 0 Å². The second kappa shape index (κ2) is 4.44. The summed E-state index contributed by atoms with van der Waals surface area (Å²) >= 11 is 0. The van der Waals surface area contributed by atoms with E-state index in [0.29, 0.717) is 11.8 Å². The Labute approximate surface area is 107 Å². The second-order valence-corrected chi connectivity index (χ2v) is 5.84. The number of piperidine rings is 1. The smallest absolute Gasteiger partial charge is 0.320 e. The van der Waals surface area contributed by atoms with Crippen LogP contribution < -0.4 is 5.32 Å². The van der Waals surface area contributed by atoms with Crippen molar-refractivity contribution in [1.29, 1.82) is 0 Å². The topological polar surface area (TPSA) is 52.7 Å². The van der Waals surface area contributed by atoms with E-state index in [9.17, 15) is 9.59 Å². The van der Waals surface area contributed by atoms with Crippen LogP contribution in [0, 0.1) is 17.8 Å². The average molecular weight is 251 g/mol. The number of amides is 3. The molecule has 5 heteroatoms. The van der Waals surface area contributed by atoms with Gasteiger partial charge < -0.3 is 15.1 Å². The Balaban J connectivity index is 1.67. The number of rotatable bonds is 0. The minimum atomic E-state index is 0.0418. The molecule has 0 spiro atoms. The first kappa shape index (κ1) is 11.8. The van der Waals surface area contributed by atoms with E-state index in [1.807, 2.05) is 16.7 Å². The molecule has 3 atom stereocenters. The normalized spacial score (nSPS) is 35.6. The standard InChI is InChI=1S/C13H21N3O2/c1-9-11-8-16(7-10(11)6-14-12(9)17)13(18)15-4-2-3-5-15/h9-11H,2-8H2,1H3,(H,14,17)/t9-,10-,11-/m1/s1. The molecule has 5 nitrogen and oxygen atoms in total. The van der Waals surface area contributed by atoms with Crippen LogP contribution in [0.2, 0.25) is 0 Å². The first-order chi connectivity index (χ1) is 8.66. The van der Waals surface area contributed by atoms with Crippen molar-refractivity contribution >= 4 is 11.9 Å². The highest BCUT2D eigenvalue weighted by Crippen LogP contribution is 2.33. The number of nitrogens with zero attached hydrogens (tertiary/aromatic N) is 2. The molecule has 3 amide bonds. The fourth-order valence-electron chi connectivity index (χ4n) is 3.53. The number of hydrogen-bond acceptors (Lipinski definition) is 2. The van der Waals surface area contributed by atoms with Gasteiger partial charge in [0.25, 0.3) is 0 Å². The summed E-state index contributed by atoms with van der Waals surface area (Å²) in [7, 11) is 0. The molecule has 0 saturated carbocycles. The largest absolute Gasteiger partial charge is 0.356 e. The molecule has 18 heavy (non-hydrogen) atoms. The fraction of sp³-hybridized carbons (Fsp3) is 0.846. The Bertz CT molecular complexity index is 365. The van der Waals surface area contributed by atoms with Crippen LogP contribution in [0.4, 0.5) is 4.79 Å². The van der Waals surface area contributed by atoms with Gasteiger partial charge in [0.05, 0.1) is 0 Å². The van der Waals surface area contributed by atoms with E-state index in [-0.39, 0.29) is 17.9 Å². The SMILES string of the molecule is C[C@H]1C(=O)NC[C@@H]2CN(C(=O)N3CCCC3)C[C@@H]21. The Morgan fingerprint density at radius 1 is 1.22 bits per heavy atom. The molecule has 100 valence electrons. The molecule has 0 aromatic rings. The van der Waals surface area contributed by atoms with E-state index in [1.54, 1.807) is 0 Å². The van der Waals surface area contributed by atoms with E-state index in [0.717, 1.165) is 45.6 Å². The number of carbonyl (C=O) groups is 2. The molecule has 3 aliphatic rings. The second-order valence-electron chi connectivity index (χ2n) is 5.84. The van der Waals surface area contributed by atoms with Crippen LogP contribution in [-0.2, 0) is 4.79 Å². The van der Waals surface area contributed by atoms with Crippen LogP contribution in [0.5, 0.6) is 0 Å². The number of urea groups is 1. The highest BCUT2D eigenvalue weighted by atomic mass is 16.2. The number of fused-ring (bicyclic) bond motifs is 1. The van der Waals surface area contributed by atoms with Crippen molar-refractivity contribution in [3.05, 3.63) is 0 Å². The molecular formula is C13H21N3O2. The molecule has 3 heterocycles. The highest BCUT2D eigenvalue weighted by molar-refractivity contribution is 5.80. The van der Waals surface area contributed by atoms with Gasteiger partial charge in [-0.2, -0.15) is 0 Å². The Morgan fingerprint density at radius 3 is 2.67 bits per heavy atom. The summed E-state index contributed by atoms with van der Waals surface area (Å²) < 4.78 is 0. The van der Waals surface area contributed by atoms with Crippen molar-refractivity contribution in [3.63, 3.8) is 0 Å². The maximum Gasteiger partial charge on any atom is 0.320 e. The van der Waals surface area contributed by atoms with Gasteiger partial charge in [-0.15, -0.1) is 0 Å². The summed E-state index contributed by atoms with van der Waals surface area (Å²) in [6.07, 6.45) is 2.26. The molecule has 3 fully saturated rings. The van der Waals surface area contributed by atoms with Crippen molar-refractivity contribution in [3.8, 4) is 0 Å². The lowest BCUT2D eigenvalue weighted by molar-refractivity contribution is -0.128. The van der Waals surface area contributed by atoms with Crippen molar-refractivity contribution in [2.45, 2.75) is 19.8 Å². The van der Waals surface area contributed by atoms with Crippen LogP contribution in [0.25, 0.3) is 0 Å². The first-order valence-corrected chi connectivity index (χ1v) is 6.98. The summed E-state index contributed by atoms with van der Waals surface area (Å²) in [4.78, 5) is 27.9. The molecule has 3 saturated heterocycles. The van der Waals surface area contributed by atoms with E-state index >= 15 is 0 Å². The van der Waals surface area contributed by atoms with Gasteiger partial charge in [0.15, 0.2) is 0 Å². The highest BCUT2D eigenvalue weighted by Gasteiger charge is 2.44. The fourth-order valence-corrected chi connectivity index (χ4v) is 3.53. The zero-order valence-electron chi connectivity index (χ0n) is 10.9. The lowest BCUT2D eigenvalue weighted by Crippen LogP contribution is -2.46. The molecule has 0 aliphatic carbocycles. The van der Waals surface area contributed by atoms with Gasteiger partial charge in [-0.25, -0.2) is 4.79 Å². The monoisotopic (exact) mass is 251 g/mol. The van der Waals surface area contributed by atoms with Gasteiger partial charge in [0, 0.05) is 38.6 Å². The molecule has 0 aromatic heterocycles. The molecular weight excluding hydrogens is 230 g/mol. The summed E-state index contributed by atoms with van der Waals surface area (Å²) in [5.74, 6) is 0.987. The van der Waals surface area contributed by atoms with Gasteiger partial charge in [-0.05, 0) is 24.7 Å². The van der Waals surface area contributed by atoms with Gasteiger partial charge in [-0.1, -0.05) is 6.92 Å². The zero-order valence-corrected chi connectivity index (χ0v) is 10.9. The first-order valence-electron chi connectivity index (χ1n) is 6.98. The van der Waals surface area contributed by atoms with Crippen molar-refractivity contribution in [2.24, 2.45) is 17.8 Å². The number of nitrogens with one attached hydrogen (secondary N) is 1. The minimum absolute atomic E-state index is 0.0418. The van der Waals surface area contributed by atoms with E-state index in [1.165, 1.54) is 0 Å². The summed E-state index contributed by atoms with van der Waals surface area (Å²) in [5.41, 5.74) is 0. The van der Waals surface area contributed by atoms with Crippen molar-refractivity contribution < 1.29 is 9.59 Å². The molecule has 1 N–H and O–H groups in total. The molecule has 0 aromatic carbocycles. The maximum atomic E-state index is 12.3. The van der Waals surface area contributed by atoms with Crippen molar-refractivity contribution in [1.82, 2.24) is 15.1 Å². The molecule has 3 aliphatic heterocycles. The quantitative estimate of drug-likeness (QED) is 0.682. The zero-order chi connectivity index (χ0) is 12.7. The Morgan fingerprint density at radius 2 is 1.94 bits per heavy atom. The Kier molecular flexibility index (Phi) is 2.92.